The monoisotopic (exact) mass is 207 g/mol. The Hall–Kier alpha value is -1.06. The number of hydrogen-bond acceptors (Lipinski definition) is 3. The first-order valence-corrected chi connectivity index (χ1v) is 5.33. The number of benzene rings is 1. The van der Waals surface area contributed by atoms with Crippen LogP contribution in [0.5, 0.6) is 5.75 Å². The molecule has 1 atom stereocenters. The molecule has 0 bridgehead atoms. The lowest BCUT2D eigenvalue weighted by Gasteiger charge is -2.16. The fourth-order valence-corrected chi connectivity index (χ4v) is 1.94. The van der Waals surface area contributed by atoms with E-state index in [1.807, 2.05) is 0 Å². The van der Waals surface area contributed by atoms with E-state index in [4.69, 9.17) is 9.57 Å². The van der Waals surface area contributed by atoms with Crippen molar-refractivity contribution in [3.8, 4) is 5.75 Å². The summed E-state index contributed by atoms with van der Waals surface area (Å²) in [6.45, 7) is 2.87. The molecule has 1 heterocycles. The van der Waals surface area contributed by atoms with Gasteiger partial charge in [-0.2, -0.15) is 5.48 Å². The van der Waals surface area contributed by atoms with Crippen molar-refractivity contribution < 1.29 is 9.57 Å². The van der Waals surface area contributed by atoms with E-state index in [0.29, 0.717) is 0 Å². The number of hydrogen-bond donors (Lipinski definition) is 1. The van der Waals surface area contributed by atoms with Crippen molar-refractivity contribution in [3.05, 3.63) is 29.3 Å². The molecule has 0 aliphatic carbocycles. The summed E-state index contributed by atoms with van der Waals surface area (Å²) < 4.78 is 5.71. The van der Waals surface area contributed by atoms with E-state index in [0.717, 1.165) is 25.2 Å². The van der Waals surface area contributed by atoms with Crippen LogP contribution in [0.1, 0.15) is 30.0 Å². The van der Waals surface area contributed by atoms with E-state index in [9.17, 15) is 0 Å². The van der Waals surface area contributed by atoms with Crippen molar-refractivity contribution in [3.63, 3.8) is 0 Å². The fourth-order valence-electron chi connectivity index (χ4n) is 1.94. The van der Waals surface area contributed by atoms with Gasteiger partial charge in [0.25, 0.3) is 0 Å². The van der Waals surface area contributed by atoms with Gasteiger partial charge in [0.2, 0.25) is 0 Å². The van der Waals surface area contributed by atoms with Gasteiger partial charge in [-0.3, -0.25) is 0 Å². The minimum absolute atomic E-state index is 0.244. The highest BCUT2D eigenvalue weighted by Crippen LogP contribution is 2.31. The predicted octanol–water partition coefficient (Wildman–Crippen LogP) is 2.36. The standard InChI is InChI=1S/C12H17NO2/c1-9-5-6-10-11(13-14-2)4-3-7-15-12(10)8-9/h5-6,8,11,13H,3-4,7H2,1-2H3. The molecule has 0 spiro atoms. The van der Waals surface area contributed by atoms with Gasteiger partial charge < -0.3 is 9.57 Å². The number of ether oxygens (including phenoxy) is 1. The highest BCUT2D eigenvalue weighted by Gasteiger charge is 2.19. The zero-order valence-corrected chi connectivity index (χ0v) is 9.25. The molecule has 3 nitrogen and oxygen atoms in total. The smallest absolute Gasteiger partial charge is 0.124 e. The summed E-state index contributed by atoms with van der Waals surface area (Å²) in [6, 6.07) is 6.56. The van der Waals surface area contributed by atoms with Gasteiger partial charge in [0.05, 0.1) is 19.8 Å². The average Bonchev–Trinajstić information content (AvgIpc) is 2.41. The summed E-state index contributed by atoms with van der Waals surface area (Å²) in [4.78, 5) is 5.02. The first-order valence-electron chi connectivity index (χ1n) is 5.33. The molecule has 1 aliphatic rings. The normalized spacial score (nSPS) is 20.3. The summed E-state index contributed by atoms with van der Waals surface area (Å²) in [7, 11) is 1.65. The Labute approximate surface area is 90.3 Å². The second kappa shape index (κ2) is 4.64. The Bertz CT molecular complexity index is 338. The SMILES string of the molecule is CONC1CCCOc2cc(C)ccc21. The van der Waals surface area contributed by atoms with E-state index in [1.165, 1.54) is 11.1 Å². The Balaban J connectivity index is 2.32. The largest absolute Gasteiger partial charge is 0.493 e. The van der Waals surface area contributed by atoms with Crippen molar-refractivity contribution in [1.82, 2.24) is 5.48 Å². The molecule has 0 fully saturated rings. The van der Waals surface area contributed by atoms with Crippen LogP contribution in [0.3, 0.4) is 0 Å². The number of nitrogens with one attached hydrogen (secondary N) is 1. The van der Waals surface area contributed by atoms with Crippen LogP contribution in [0.4, 0.5) is 0 Å². The van der Waals surface area contributed by atoms with Crippen LogP contribution < -0.4 is 10.2 Å². The van der Waals surface area contributed by atoms with Crippen molar-refractivity contribution in [1.29, 1.82) is 0 Å². The van der Waals surface area contributed by atoms with Crippen LogP contribution in [0, 0.1) is 6.92 Å². The molecule has 15 heavy (non-hydrogen) atoms. The molecule has 1 aromatic carbocycles. The maximum atomic E-state index is 5.71. The highest BCUT2D eigenvalue weighted by molar-refractivity contribution is 5.39. The molecule has 0 saturated carbocycles. The zero-order valence-electron chi connectivity index (χ0n) is 9.25. The van der Waals surface area contributed by atoms with Crippen LogP contribution in [0.15, 0.2) is 18.2 Å². The second-order valence-corrected chi connectivity index (χ2v) is 3.91. The van der Waals surface area contributed by atoms with E-state index >= 15 is 0 Å². The van der Waals surface area contributed by atoms with Crippen LogP contribution in [0.2, 0.25) is 0 Å². The third-order valence-corrected chi connectivity index (χ3v) is 2.70. The van der Waals surface area contributed by atoms with Crippen molar-refractivity contribution in [2.24, 2.45) is 0 Å². The number of rotatable bonds is 2. The van der Waals surface area contributed by atoms with Crippen molar-refractivity contribution in [2.75, 3.05) is 13.7 Å². The van der Waals surface area contributed by atoms with Gasteiger partial charge in [0.1, 0.15) is 5.75 Å². The predicted molar refractivity (Wildman–Crippen MR) is 58.8 cm³/mol. The van der Waals surface area contributed by atoms with Crippen LogP contribution >= 0.6 is 0 Å². The molecule has 3 heteroatoms. The molecule has 1 aliphatic heterocycles. The van der Waals surface area contributed by atoms with Crippen molar-refractivity contribution >= 4 is 0 Å². The number of hydroxylamine groups is 1. The lowest BCUT2D eigenvalue weighted by Crippen LogP contribution is -2.19. The lowest BCUT2D eigenvalue weighted by atomic mass is 10.0. The van der Waals surface area contributed by atoms with Gasteiger partial charge in [0, 0.05) is 5.56 Å². The minimum Gasteiger partial charge on any atom is -0.493 e. The third-order valence-electron chi connectivity index (χ3n) is 2.70. The second-order valence-electron chi connectivity index (χ2n) is 3.91. The molecule has 0 radical (unpaired) electrons. The summed E-state index contributed by atoms with van der Waals surface area (Å²) in [5.74, 6) is 0.988. The van der Waals surface area contributed by atoms with E-state index in [2.05, 4.69) is 30.6 Å². The average molecular weight is 207 g/mol. The topological polar surface area (TPSA) is 30.5 Å². The minimum atomic E-state index is 0.244. The molecule has 0 aromatic heterocycles. The van der Waals surface area contributed by atoms with Crippen LogP contribution in [-0.4, -0.2) is 13.7 Å². The van der Waals surface area contributed by atoms with Gasteiger partial charge in [-0.05, 0) is 31.4 Å². The number of aryl methyl sites for hydroxylation is 1. The highest BCUT2D eigenvalue weighted by atomic mass is 16.6. The summed E-state index contributed by atoms with van der Waals surface area (Å²) in [5.41, 5.74) is 5.44. The molecule has 0 saturated heterocycles. The molecule has 0 amide bonds. The molecule has 1 aromatic rings. The Morgan fingerprint density at radius 2 is 2.33 bits per heavy atom. The van der Waals surface area contributed by atoms with E-state index < -0.39 is 0 Å². The first-order chi connectivity index (χ1) is 7.31. The quantitative estimate of drug-likeness (QED) is 0.755. The van der Waals surface area contributed by atoms with Gasteiger partial charge in [-0.15, -0.1) is 0 Å². The van der Waals surface area contributed by atoms with Gasteiger partial charge >= 0.3 is 0 Å². The molecule has 1 unspecified atom stereocenters. The number of fused-ring (bicyclic) bond motifs is 1. The Morgan fingerprint density at radius 1 is 1.47 bits per heavy atom. The lowest BCUT2D eigenvalue weighted by molar-refractivity contribution is 0.0579. The van der Waals surface area contributed by atoms with Gasteiger partial charge in [-0.1, -0.05) is 12.1 Å². The Kier molecular flexibility index (Phi) is 3.23. The van der Waals surface area contributed by atoms with E-state index in [1.54, 1.807) is 7.11 Å². The maximum Gasteiger partial charge on any atom is 0.124 e. The molecule has 1 N–H and O–H groups in total. The summed E-state index contributed by atoms with van der Waals surface area (Å²) in [5, 5.41) is 0. The molecular formula is C12H17NO2. The zero-order chi connectivity index (χ0) is 10.7. The van der Waals surface area contributed by atoms with Gasteiger partial charge in [-0.25, -0.2) is 0 Å². The summed E-state index contributed by atoms with van der Waals surface area (Å²) >= 11 is 0. The molecule has 2 rings (SSSR count). The maximum absolute atomic E-state index is 5.71. The van der Waals surface area contributed by atoms with Gasteiger partial charge in [0.15, 0.2) is 0 Å². The fraction of sp³-hybridized carbons (Fsp3) is 0.500. The summed E-state index contributed by atoms with van der Waals surface area (Å²) in [6.07, 6.45) is 2.10. The van der Waals surface area contributed by atoms with E-state index in [-0.39, 0.29) is 6.04 Å². The molecular weight excluding hydrogens is 190 g/mol. The first kappa shape index (κ1) is 10.5. The third kappa shape index (κ3) is 2.30. The van der Waals surface area contributed by atoms with Crippen LogP contribution in [0.25, 0.3) is 0 Å². The van der Waals surface area contributed by atoms with Crippen molar-refractivity contribution in [2.45, 2.75) is 25.8 Å². The van der Waals surface area contributed by atoms with Crippen LogP contribution in [-0.2, 0) is 4.84 Å². The molecule has 82 valence electrons. The Morgan fingerprint density at radius 3 is 3.13 bits per heavy atom.